The molecule has 0 rings (SSSR count). The highest BCUT2D eigenvalue weighted by Gasteiger charge is 2.26. The van der Waals surface area contributed by atoms with E-state index in [2.05, 4.69) is 21.3 Å². The zero-order valence-corrected chi connectivity index (χ0v) is 22.2. The molecule has 0 bridgehead atoms. The zero-order valence-electron chi connectivity index (χ0n) is 22.2. The third-order valence-corrected chi connectivity index (χ3v) is 4.14. The number of rotatable bonds is 11. The average molecular weight is 485 g/mol. The normalized spacial score (nSPS) is 13.7. The van der Waals surface area contributed by atoms with Crippen LogP contribution in [0.2, 0.25) is 0 Å². The Labute approximate surface area is 204 Å². The van der Waals surface area contributed by atoms with Gasteiger partial charge in [-0.2, -0.15) is 0 Å². The number of ether oxygens (including phenoxy) is 2. The molecule has 2 atom stereocenters. The highest BCUT2D eigenvalue weighted by atomic mass is 16.6. The predicted molar refractivity (Wildman–Crippen MR) is 131 cm³/mol. The van der Waals surface area contributed by atoms with Crippen LogP contribution in [-0.2, 0) is 19.1 Å². The largest absolute Gasteiger partial charge is 0.444 e. The number of hydrogen-bond donors (Lipinski definition) is 4. The summed E-state index contributed by atoms with van der Waals surface area (Å²) in [6, 6.07) is -1.40. The van der Waals surface area contributed by atoms with Crippen molar-refractivity contribution >= 4 is 24.0 Å². The molecule has 0 radical (unpaired) electrons. The fraction of sp³-hybridized carbons (Fsp3) is 0.750. The molecule has 0 aromatic heterocycles. The van der Waals surface area contributed by atoms with E-state index in [9.17, 15) is 19.2 Å². The molecule has 10 heteroatoms. The van der Waals surface area contributed by atoms with E-state index in [-0.39, 0.29) is 17.7 Å². The Hall–Kier alpha value is -2.78. The summed E-state index contributed by atoms with van der Waals surface area (Å²) in [6.45, 7) is 16.6. The maximum absolute atomic E-state index is 12.4. The van der Waals surface area contributed by atoms with E-state index in [0.29, 0.717) is 25.9 Å². The van der Waals surface area contributed by atoms with Gasteiger partial charge in [0.05, 0.1) is 0 Å². The van der Waals surface area contributed by atoms with Gasteiger partial charge in [0, 0.05) is 13.1 Å². The molecule has 0 aliphatic rings. The molecule has 0 unspecified atom stereocenters. The van der Waals surface area contributed by atoms with Crippen molar-refractivity contribution < 1.29 is 28.7 Å². The average Bonchev–Trinajstić information content (AvgIpc) is 2.64. The number of carbonyl (C=O) groups excluding carboxylic acids is 4. The maximum Gasteiger partial charge on any atom is 0.408 e. The number of hydrogen-bond acceptors (Lipinski definition) is 6. The van der Waals surface area contributed by atoms with Crippen LogP contribution in [-0.4, -0.2) is 60.4 Å². The minimum Gasteiger partial charge on any atom is -0.444 e. The van der Waals surface area contributed by atoms with Crippen LogP contribution in [0.25, 0.3) is 0 Å². The second-order valence-electron chi connectivity index (χ2n) is 10.4. The molecule has 0 aromatic rings. The first-order valence-corrected chi connectivity index (χ1v) is 11.7. The topological polar surface area (TPSA) is 135 Å². The second kappa shape index (κ2) is 14.5. The Morgan fingerprint density at radius 1 is 0.706 bits per heavy atom. The highest BCUT2D eigenvalue weighted by molar-refractivity contribution is 5.86. The number of amides is 4. The molecular formula is C24H44N4O6. The lowest BCUT2D eigenvalue weighted by Crippen LogP contribution is -2.51. The third-order valence-electron chi connectivity index (χ3n) is 4.14. The van der Waals surface area contributed by atoms with Gasteiger partial charge in [0.1, 0.15) is 23.3 Å². The molecule has 0 saturated carbocycles. The van der Waals surface area contributed by atoms with E-state index in [0.717, 1.165) is 0 Å². The summed E-state index contributed by atoms with van der Waals surface area (Å²) in [5, 5.41) is 10.7. The fourth-order valence-corrected chi connectivity index (χ4v) is 2.58. The number of carbonyl (C=O) groups is 4. The van der Waals surface area contributed by atoms with Gasteiger partial charge in [0.25, 0.3) is 0 Å². The molecule has 0 saturated heterocycles. The van der Waals surface area contributed by atoms with Crippen LogP contribution in [0.5, 0.6) is 0 Å². The van der Waals surface area contributed by atoms with Crippen molar-refractivity contribution in [2.24, 2.45) is 5.92 Å². The fourth-order valence-electron chi connectivity index (χ4n) is 2.58. The van der Waals surface area contributed by atoms with Gasteiger partial charge in [0.15, 0.2) is 0 Å². The molecule has 34 heavy (non-hydrogen) atoms. The van der Waals surface area contributed by atoms with Crippen LogP contribution in [0.1, 0.15) is 75.2 Å². The molecule has 4 amide bonds. The quantitative estimate of drug-likeness (QED) is 0.263. The molecule has 0 aliphatic heterocycles. The van der Waals surface area contributed by atoms with Gasteiger partial charge >= 0.3 is 12.2 Å². The van der Waals surface area contributed by atoms with Gasteiger partial charge in [-0.15, -0.1) is 0 Å². The molecule has 0 aromatic carbocycles. The Bertz CT molecular complexity index is 707. The van der Waals surface area contributed by atoms with E-state index < -0.39 is 35.5 Å². The van der Waals surface area contributed by atoms with Crippen LogP contribution in [0.15, 0.2) is 12.2 Å². The van der Waals surface area contributed by atoms with E-state index in [1.165, 1.54) is 0 Å². The van der Waals surface area contributed by atoms with Crippen LogP contribution in [0.3, 0.4) is 0 Å². The minimum absolute atomic E-state index is 0.0983. The molecule has 0 aliphatic carbocycles. The summed E-state index contributed by atoms with van der Waals surface area (Å²) in [6.07, 6.45) is 3.75. The van der Waals surface area contributed by atoms with Crippen molar-refractivity contribution in [3.63, 3.8) is 0 Å². The molecular weight excluding hydrogens is 440 g/mol. The highest BCUT2D eigenvalue weighted by Crippen LogP contribution is 2.09. The number of nitrogens with one attached hydrogen (secondary N) is 4. The Morgan fingerprint density at radius 2 is 1.12 bits per heavy atom. The van der Waals surface area contributed by atoms with Crippen LogP contribution < -0.4 is 21.3 Å². The molecule has 196 valence electrons. The minimum atomic E-state index is -0.711. The first kappa shape index (κ1) is 31.2. The van der Waals surface area contributed by atoms with E-state index >= 15 is 0 Å². The lowest BCUT2D eigenvalue weighted by atomic mass is 10.0. The second-order valence-corrected chi connectivity index (χ2v) is 10.4. The van der Waals surface area contributed by atoms with Crippen LogP contribution >= 0.6 is 0 Å². The van der Waals surface area contributed by atoms with Crippen molar-refractivity contribution in [2.45, 2.75) is 98.4 Å². The Morgan fingerprint density at radius 3 is 1.53 bits per heavy atom. The van der Waals surface area contributed by atoms with Gasteiger partial charge < -0.3 is 30.7 Å². The third kappa shape index (κ3) is 15.9. The van der Waals surface area contributed by atoms with E-state index in [4.69, 9.17) is 9.47 Å². The standard InChI is InChI=1S/C24H44N4O6/c1-16(2)18(28-22(32)34-24(7,8)9)20(30)26-15-13-11-10-12-14-25-19(29)17(3)27-21(31)33-23(4,5)6/h10-11,16-18H,12-15H2,1-9H3,(H,25,29)(H,26,30)(H,27,31)(H,28,32)/t17-,18-/m0/s1. The summed E-state index contributed by atoms with van der Waals surface area (Å²) >= 11 is 0. The Kier molecular flexibility index (Phi) is 13.3. The van der Waals surface area contributed by atoms with Gasteiger partial charge in [-0.25, -0.2) is 9.59 Å². The molecule has 0 heterocycles. The molecule has 0 fully saturated rings. The first-order chi connectivity index (χ1) is 15.5. The zero-order chi connectivity index (χ0) is 26.5. The SMILES string of the molecule is CC(C)[C@H](NC(=O)OC(C)(C)C)C(=O)NCCC=CCCNC(=O)[C@H](C)NC(=O)OC(C)(C)C. The lowest BCUT2D eigenvalue weighted by Gasteiger charge is -2.25. The van der Waals surface area contributed by atoms with Crippen LogP contribution in [0, 0.1) is 5.92 Å². The molecule has 10 nitrogen and oxygen atoms in total. The van der Waals surface area contributed by atoms with Crippen LogP contribution in [0.4, 0.5) is 9.59 Å². The summed E-state index contributed by atoms with van der Waals surface area (Å²) in [7, 11) is 0. The van der Waals surface area contributed by atoms with Crippen molar-refractivity contribution in [3.8, 4) is 0 Å². The first-order valence-electron chi connectivity index (χ1n) is 11.7. The van der Waals surface area contributed by atoms with Crippen molar-refractivity contribution in [2.75, 3.05) is 13.1 Å². The summed E-state index contributed by atoms with van der Waals surface area (Å²) < 4.78 is 10.3. The van der Waals surface area contributed by atoms with Crippen molar-refractivity contribution in [1.82, 2.24) is 21.3 Å². The molecule has 4 N–H and O–H groups in total. The van der Waals surface area contributed by atoms with Gasteiger partial charge in [-0.1, -0.05) is 26.0 Å². The van der Waals surface area contributed by atoms with Gasteiger partial charge in [-0.05, 0) is 67.2 Å². The van der Waals surface area contributed by atoms with Gasteiger partial charge in [-0.3, -0.25) is 9.59 Å². The Balaban J connectivity index is 4.20. The smallest absolute Gasteiger partial charge is 0.408 e. The van der Waals surface area contributed by atoms with Gasteiger partial charge in [0.2, 0.25) is 11.8 Å². The number of alkyl carbamates (subject to hydrolysis) is 2. The summed E-state index contributed by atoms with van der Waals surface area (Å²) in [5.41, 5.74) is -1.27. The summed E-state index contributed by atoms with van der Waals surface area (Å²) in [5.74, 6) is -0.671. The van der Waals surface area contributed by atoms with Crippen molar-refractivity contribution in [3.05, 3.63) is 12.2 Å². The monoisotopic (exact) mass is 484 g/mol. The maximum atomic E-state index is 12.4. The van der Waals surface area contributed by atoms with E-state index in [1.807, 2.05) is 26.0 Å². The predicted octanol–water partition coefficient (Wildman–Crippen LogP) is 3.02. The lowest BCUT2D eigenvalue weighted by molar-refractivity contribution is -0.124. The molecule has 0 spiro atoms. The summed E-state index contributed by atoms with van der Waals surface area (Å²) in [4.78, 5) is 48.1. The van der Waals surface area contributed by atoms with E-state index in [1.54, 1.807) is 48.5 Å². The van der Waals surface area contributed by atoms with Crippen molar-refractivity contribution in [1.29, 1.82) is 0 Å².